The van der Waals surface area contributed by atoms with Gasteiger partial charge in [0.2, 0.25) is 5.88 Å². The van der Waals surface area contributed by atoms with Crippen molar-refractivity contribution in [2.75, 3.05) is 12.4 Å². The molecule has 1 N–H and O–H groups in total. The van der Waals surface area contributed by atoms with Gasteiger partial charge in [-0.15, -0.1) is 0 Å². The minimum atomic E-state index is -0.243. The Bertz CT molecular complexity index is 609. The van der Waals surface area contributed by atoms with Crippen LogP contribution in [0.25, 0.3) is 0 Å². The number of rotatable bonds is 3. The maximum atomic E-state index is 12.1. The van der Waals surface area contributed by atoms with Crippen LogP contribution in [0.2, 0.25) is 0 Å². The van der Waals surface area contributed by atoms with Crippen LogP contribution in [-0.4, -0.2) is 18.0 Å². The van der Waals surface area contributed by atoms with E-state index in [9.17, 15) is 4.79 Å². The van der Waals surface area contributed by atoms with Crippen LogP contribution in [0.3, 0.4) is 0 Å². The fourth-order valence-corrected chi connectivity index (χ4v) is 1.71. The van der Waals surface area contributed by atoms with E-state index in [1.807, 2.05) is 32.0 Å². The van der Waals surface area contributed by atoms with Crippen molar-refractivity contribution in [1.82, 2.24) is 4.98 Å². The van der Waals surface area contributed by atoms with Crippen molar-refractivity contribution in [2.24, 2.45) is 0 Å². The standard InChI is InChI=1S/C15H16N2O2/c1-10-7-8-11(2)13(9-10)17-15(18)12-5-4-6-14(16-12)19-3/h4-9H,1-3H3,(H,17,18). The summed E-state index contributed by atoms with van der Waals surface area (Å²) in [6, 6.07) is 11.0. The zero-order valence-electron chi connectivity index (χ0n) is 11.2. The molecule has 0 aliphatic rings. The molecule has 0 unspecified atom stereocenters. The third kappa shape index (κ3) is 3.10. The number of carbonyl (C=O) groups is 1. The van der Waals surface area contributed by atoms with Gasteiger partial charge in [-0.05, 0) is 37.1 Å². The molecule has 1 heterocycles. The van der Waals surface area contributed by atoms with E-state index >= 15 is 0 Å². The molecule has 0 aliphatic heterocycles. The zero-order chi connectivity index (χ0) is 13.8. The van der Waals surface area contributed by atoms with E-state index in [-0.39, 0.29) is 5.91 Å². The molecular formula is C15H16N2O2. The van der Waals surface area contributed by atoms with Crippen LogP contribution in [0.15, 0.2) is 36.4 Å². The van der Waals surface area contributed by atoms with Crippen LogP contribution in [0, 0.1) is 13.8 Å². The molecule has 0 fully saturated rings. The normalized spacial score (nSPS) is 10.1. The Morgan fingerprint density at radius 1 is 1.21 bits per heavy atom. The van der Waals surface area contributed by atoms with E-state index in [0.717, 1.165) is 16.8 Å². The Morgan fingerprint density at radius 2 is 2.00 bits per heavy atom. The molecule has 0 saturated carbocycles. The van der Waals surface area contributed by atoms with E-state index in [0.29, 0.717) is 11.6 Å². The fourth-order valence-electron chi connectivity index (χ4n) is 1.71. The second-order valence-electron chi connectivity index (χ2n) is 4.34. The molecule has 0 radical (unpaired) electrons. The lowest BCUT2D eigenvalue weighted by Crippen LogP contribution is -2.14. The molecule has 4 heteroatoms. The van der Waals surface area contributed by atoms with E-state index in [1.165, 1.54) is 7.11 Å². The van der Waals surface area contributed by atoms with Gasteiger partial charge in [0.15, 0.2) is 0 Å². The number of hydrogen-bond acceptors (Lipinski definition) is 3. The topological polar surface area (TPSA) is 51.2 Å². The second kappa shape index (κ2) is 5.52. The van der Waals surface area contributed by atoms with Gasteiger partial charge in [-0.2, -0.15) is 0 Å². The zero-order valence-corrected chi connectivity index (χ0v) is 11.2. The predicted molar refractivity (Wildman–Crippen MR) is 74.7 cm³/mol. The van der Waals surface area contributed by atoms with Crippen LogP contribution >= 0.6 is 0 Å². The van der Waals surface area contributed by atoms with E-state index in [2.05, 4.69) is 10.3 Å². The molecule has 4 nitrogen and oxygen atoms in total. The van der Waals surface area contributed by atoms with Crippen molar-refractivity contribution >= 4 is 11.6 Å². The summed E-state index contributed by atoms with van der Waals surface area (Å²) in [5.41, 5.74) is 3.25. The SMILES string of the molecule is COc1cccc(C(=O)Nc2cc(C)ccc2C)n1. The minimum absolute atomic E-state index is 0.243. The second-order valence-corrected chi connectivity index (χ2v) is 4.34. The van der Waals surface area contributed by atoms with Gasteiger partial charge in [-0.25, -0.2) is 4.98 Å². The quantitative estimate of drug-likeness (QED) is 0.918. The molecule has 19 heavy (non-hydrogen) atoms. The van der Waals surface area contributed by atoms with Gasteiger partial charge in [0, 0.05) is 11.8 Å². The summed E-state index contributed by atoms with van der Waals surface area (Å²) < 4.78 is 5.01. The lowest BCUT2D eigenvalue weighted by Gasteiger charge is -2.09. The molecule has 2 aromatic rings. The number of hydrogen-bond donors (Lipinski definition) is 1. The molecule has 1 amide bonds. The number of benzene rings is 1. The molecule has 0 bridgehead atoms. The summed E-state index contributed by atoms with van der Waals surface area (Å²) in [4.78, 5) is 16.2. The van der Waals surface area contributed by atoms with Crippen molar-refractivity contribution in [1.29, 1.82) is 0 Å². The molecule has 0 spiro atoms. The van der Waals surface area contributed by atoms with Crippen LogP contribution in [0.5, 0.6) is 5.88 Å². The molecule has 1 aromatic carbocycles. The highest BCUT2D eigenvalue weighted by atomic mass is 16.5. The first-order chi connectivity index (χ1) is 9.10. The Kier molecular flexibility index (Phi) is 3.80. The van der Waals surface area contributed by atoms with Crippen molar-refractivity contribution in [2.45, 2.75) is 13.8 Å². The Hall–Kier alpha value is -2.36. The summed E-state index contributed by atoms with van der Waals surface area (Å²) in [5, 5.41) is 2.86. The highest BCUT2D eigenvalue weighted by Crippen LogP contribution is 2.17. The summed E-state index contributed by atoms with van der Waals surface area (Å²) in [6.07, 6.45) is 0. The minimum Gasteiger partial charge on any atom is -0.481 e. The van der Waals surface area contributed by atoms with Crippen LogP contribution in [-0.2, 0) is 0 Å². The van der Waals surface area contributed by atoms with Crippen LogP contribution in [0.4, 0.5) is 5.69 Å². The number of nitrogens with one attached hydrogen (secondary N) is 1. The van der Waals surface area contributed by atoms with Gasteiger partial charge in [0.05, 0.1) is 7.11 Å². The summed E-state index contributed by atoms with van der Waals surface area (Å²) in [6.45, 7) is 3.94. The van der Waals surface area contributed by atoms with Gasteiger partial charge in [-0.3, -0.25) is 4.79 Å². The van der Waals surface area contributed by atoms with Crippen LogP contribution < -0.4 is 10.1 Å². The lowest BCUT2D eigenvalue weighted by molar-refractivity contribution is 0.102. The maximum absolute atomic E-state index is 12.1. The average molecular weight is 256 g/mol. The van der Waals surface area contributed by atoms with E-state index < -0.39 is 0 Å². The number of pyridine rings is 1. The van der Waals surface area contributed by atoms with Gasteiger partial charge < -0.3 is 10.1 Å². The smallest absolute Gasteiger partial charge is 0.274 e. The first-order valence-electron chi connectivity index (χ1n) is 6.00. The van der Waals surface area contributed by atoms with E-state index in [4.69, 9.17) is 4.74 Å². The number of anilines is 1. The van der Waals surface area contributed by atoms with Crippen molar-refractivity contribution in [3.63, 3.8) is 0 Å². The van der Waals surface area contributed by atoms with Crippen molar-refractivity contribution in [3.8, 4) is 5.88 Å². The largest absolute Gasteiger partial charge is 0.481 e. The number of carbonyl (C=O) groups excluding carboxylic acids is 1. The Balaban J connectivity index is 2.22. The summed E-state index contributed by atoms with van der Waals surface area (Å²) in [5.74, 6) is 0.182. The molecule has 2 rings (SSSR count). The lowest BCUT2D eigenvalue weighted by atomic mass is 10.1. The third-order valence-corrected chi connectivity index (χ3v) is 2.81. The number of aryl methyl sites for hydroxylation is 2. The predicted octanol–water partition coefficient (Wildman–Crippen LogP) is 2.96. The highest BCUT2D eigenvalue weighted by molar-refractivity contribution is 6.03. The summed E-state index contributed by atoms with van der Waals surface area (Å²) >= 11 is 0. The average Bonchev–Trinajstić information content (AvgIpc) is 2.43. The van der Waals surface area contributed by atoms with Gasteiger partial charge in [0.1, 0.15) is 5.69 Å². The van der Waals surface area contributed by atoms with Gasteiger partial charge >= 0.3 is 0 Å². The Labute approximate surface area is 112 Å². The first-order valence-corrected chi connectivity index (χ1v) is 6.00. The number of aromatic nitrogens is 1. The molecule has 1 aromatic heterocycles. The third-order valence-electron chi connectivity index (χ3n) is 2.81. The van der Waals surface area contributed by atoms with Gasteiger partial charge in [-0.1, -0.05) is 18.2 Å². The molecule has 0 aliphatic carbocycles. The Morgan fingerprint density at radius 3 is 2.74 bits per heavy atom. The number of nitrogens with zero attached hydrogens (tertiary/aromatic N) is 1. The van der Waals surface area contributed by atoms with Crippen molar-refractivity contribution in [3.05, 3.63) is 53.2 Å². The number of methoxy groups -OCH3 is 1. The van der Waals surface area contributed by atoms with Crippen molar-refractivity contribution < 1.29 is 9.53 Å². The number of amides is 1. The fraction of sp³-hybridized carbons (Fsp3) is 0.200. The van der Waals surface area contributed by atoms with E-state index in [1.54, 1.807) is 18.2 Å². The molecular weight excluding hydrogens is 240 g/mol. The maximum Gasteiger partial charge on any atom is 0.274 e. The highest BCUT2D eigenvalue weighted by Gasteiger charge is 2.10. The van der Waals surface area contributed by atoms with Gasteiger partial charge in [0.25, 0.3) is 5.91 Å². The van der Waals surface area contributed by atoms with Crippen LogP contribution in [0.1, 0.15) is 21.6 Å². The molecule has 0 atom stereocenters. The molecule has 98 valence electrons. The first kappa shape index (κ1) is 13.1. The number of ether oxygens (including phenoxy) is 1. The summed E-state index contributed by atoms with van der Waals surface area (Å²) in [7, 11) is 1.52. The monoisotopic (exact) mass is 256 g/mol. The molecule has 0 saturated heterocycles.